The lowest BCUT2D eigenvalue weighted by Crippen LogP contribution is -2.41. The second kappa shape index (κ2) is 6.00. The number of nitrogens with zero attached hydrogens (tertiary/aromatic N) is 2. The second-order valence-electron chi connectivity index (χ2n) is 4.44. The Hall–Kier alpha value is -1.10. The van der Waals surface area contributed by atoms with Crippen LogP contribution in [-0.4, -0.2) is 29.0 Å². The molecule has 5 heteroatoms. The van der Waals surface area contributed by atoms with Gasteiger partial charge in [0.05, 0.1) is 6.04 Å². The van der Waals surface area contributed by atoms with Crippen molar-refractivity contribution in [3.8, 4) is 0 Å². The van der Waals surface area contributed by atoms with E-state index < -0.39 is 0 Å². The molecule has 1 aliphatic heterocycles. The number of amides is 2. The van der Waals surface area contributed by atoms with Gasteiger partial charge in [0, 0.05) is 24.7 Å². The second-order valence-corrected chi connectivity index (χ2v) is 5.37. The van der Waals surface area contributed by atoms with Crippen molar-refractivity contribution in [2.45, 2.75) is 38.6 Å². The van der Waals surface area contributed by atoms with E-state index in [4.69, 9.17) is 0 Å². The van der Waals surface area contributed by atoms with E-state index in [1.54, 1.807) is 17.5 Å². The van der Waals surface area contributed by atoms with Gasteiger partial charge in [0.1, 0.15) is 5.01 Å². The van der Waals surface area contributed by atoms with Gasteiger partial charge in [-0.2, -0.15) is 0 Å². The standard InChI is InChI=1S/C12H19N3OS/c1-10(11-13-6-9-17-11)14-12(16)15-7-4-2-3-5-8-15/h6,9-10H,2-5,7-8H2,1H3,(H,14,16). The summed E-state index contributed by atoms with van der Waals surface area (Å²) in [6.45, 7) is 3.75. The van der Waals surface area contributed by atoms with E-state index in [-0.39, 0.29) is 12.1 Å². The third kappa shape index (κ3) is 3.43. The molecule has 2 heterocycles. The van der Waals surface area contributed by atoms with Crippen molar-refractivity contribution >= 4 is 17.4 Å². The molecule has 0 aromatic carbocycles. The molecule has 1 aromatic heterocycles. The molecule has 0 bridgehead atoms. The van der Waals surface area contributed by atoms with Crippen LogP contribution >= 0.6 is 11.3 Å². The van der Waals surface area contributed by atoms with Crippen LogP contribution in [0.25, 0.3) is 0 Å². The first-order chi connectivity index (χ1) is 8.27. The molecular formula is C12H19N3OS. The van der Waals surface area contributed by atoms with Crippen LogP contribution in [0.5, 0.6) is 0 Å². The summed E-state index contributed by atoms with van der Waals surface area (Å²) in [7, 11) is 0. The molecular weight excluding hydrogens is 234 g/mol. The molecule has 1 fully saturated rings. The molecule has 4 nitrogen and oxygen atoms in total. The number of hydrogen-bond donors (Lipinski definition) is 1. The fourth-order valence-corrected chi connectivity index (χ4v) is 2.71. The van der Waals surface area contributed by atoms with Crippen LogP contribution in [0.1, 0.15) is 43.7 Å². The van der Waals surface area contributed by atoms with Crippen molar-refractivity contribution in [2.75, 3.05) is 13.1 Å². The number of nitrogens with one attached hydrogen (secondary N) is 1. The lowest BCUT2D eigenvalue weighted by atomic mass is 10.2. The van der Waals surface area contributed by atoms with Gasteiger partial charge in [-0.05, 0) is 19.8 Å². The van der Waals surface area contributed by atoms with Gasteiger partial charge in [-0.1, -0.05) is 12.8 Å². The monoisotopic (exact) mass is 253 g/mol. The maximum absolute atomic E-state index is 12.0. The van der Waals surface area contributed by atoms with Crippen LogP contribution in [0.4, 0.5) is 4.79 Å². The number of hydrogen-bond acceptors (Lipinski definition) is 3. The van der Waals surface area contributed by atoms with E-state index in [1.165, 1.54) is 12.8 Å². The van der Waals surface area contributed by atoms with Gasteiger partial charge >= 0.3 is 6.03 Å². The lowest BCUT2D eigenvalue weighted by Gasteiger charge is -2.22. The summed E-state index contributed by atoms with van der Waals surface area (Å²) in [5, 5.41) is 5.92. The van der Waals surface area contributed by atoms with Gasteiger partial charge < -0.3 is 10.2 Å². The van der Waals surface area contributed by atoms with E-state index >= 15 is 0 Å². The zero-order valence-corrected chi connectivity index (χ0v) is 11.0. The highest BCUT2D eigenvalue weighted by molar-refractivity contribution is 7.09. The average Bonchev–Trinajstić information content (AvgIpc) is 2.71. The molecule has 1 saturated heterocycles. The number of urea groups is 1. The summed E-state index contributed by atoms with van der Waals surface area (Å²) in [5.41, 5.74) is 0. The highest BCUT2D eigenvalue weighted by Crippen LogP contribution is 2.16. The van der Waals surface area contributed by atoms with Crippen molar-refractivity contribution in [3.63, 3.8) is 0 Å². The van der Waals surface area contributed by atoms with Crippen LogP contribution in [0.15, 0.2) is 11.6 Å². The number of aromatic nitrogens is 1. The molecule has 0 saturated carbocycles. The number of rotatable bonds is 2. The zero-order valence-electron chi connectivity index (χ0n) is 10.2. The molecule has 1 N–H and O–H groups in total. The van der Waals surface area contributed by atoms with Crippen molar-refractivity contribution in [2.24, 2.45) is 0 Å². The normalized spacial score (nSPS) is 18.5. The first-order valence-electron chi connectivity index (χ1n) is 6.22. The highest BCUT2D eigenvalue weighted by atomic mass is 32.1. The van der Waals surface area contributed by atoms with Crippen molar-refractivity contribution in [1.29, 1.82) is 0 Å². The molecule has 1 aromatic rings. The predicted octanol–water partition coefficient (Wildman–Crippen LogP) is 2.79. The first kappa shape index (κ1) is 12.4. The van der Waals surface area contributed by atoms with Crippen molar-refractivity contribution in [1.82, 2.24) is 15.2 Å². The third-order valence-corrected chi connectivity index (χ3v) is 4.01. The average molecular weight is 253 g/mol. The topological polar surface area (TPSA) is 45.2 Å². The molecule has 1 unspecified atom stereocenters. The van der Waals surface area contributed by atoms with Gasteiger partial charge in [-0.15, -0.1) is 11.3 Å². The summed E-state index contributed by atoms with van der Waals surface area (Å²) in [6, 6.07) is 0.0559. The maximum atomic E-state index is 12.0. The molecule has 2 amide bonds. The Labute approximate surface area is 106 Å². The Morgan fingerprint density at radius 3 is 2.71 bits per heavy atom. The summed E-state index contributed by atoms with van der Waals surface area (Å²) >= 11 is 1.58. The minimum Gasteiger partial charge on any atom is -0.329 e. The highest BCUT2D eigenvalue weighted by Gasteiger charge is 2.18. The summed E-state index contributed by atoms with van der Waals surface area (Å²) in [6.07, 6.45) is 6.50. The van der Waals surface area contributed by atoms with E-state index in [0.29, 0.717) is 0 Å². The molecule has 1 aliphatic rings. The Morgan fingerprint density at radius 2 is 2.12 bits per heavy atom. The Balaban J connectivity index is 1.87. The Morgan fingerprint density at radius 1 is 1.41 bits per heavy atom. The lowest BCUT2D eigenvalue weighted by molar-refractivity contribution is 0.196. The molecule has 0 spiro atoms. The van der Waals surface area contributed by atoms with Gasteiger partial charge in [0.2, 0.25) is 0 Å². The fraction of sp³-hybridized carbons (Fsp3) is 0.667. The number of thiazole rings is 1. The quantitative estimate of drug-likeness (QED) is 0.881. The van der Waals surface area contributed by atoms with E-state index in [0.717, 1.165) is 30.9 Å². The van der Waals surface area contributed by atoms with Crippen molar-refractivity contribution < 1.29 is 4.79 Å². The summed E-state index contributed by atoms with van der Waals surface area (Å²) in [4.78, 5) is 18.2. The zero-order chi connectivity index (χ0) is 12.1. The van der Waals surface area contributed by atoms with E-state index in [9.17, 15) is 4.79 Å². The number of likely N-dealkylation sites (tertiary alicyclic amines) is 1. The van der Waals surface area contributed by atoms with Crippen molar-refractivity contribution in [3.05, 3.63) is 16.6 Å². The molecule has 0 radical (unpaired) electrons. The van der Waals surface area contributed by atoms with E-state index in [2.05, 4.69) is 10.3 Å². The summed E-state index contributed by atoms with van der Waals surface area (Å²) in [5.74, 6) is 0. The predicted molar refractivity (Wildman–Crippen MR) is 69.1 cm³/mol. The molecule has 0 aliphatic carbocycles. The summed E-state index contributed by atoms with van der Waals surface area (Å²) < 4.78 is 0. The largest absolute Gasteiger partial charge is 0.329 e. The minimum absolute atomic E-state index is 0.00533. The maximum Gasteiger partial charge on any atom is 0.317 e. The minimum atomic E-state index is 0.00533. The first-order valence-corrected chi connectivity index (χ1v) is 7.10. The molecule has 2 rings (SSSR count). The van der Waals surface area contributed by atoms with Crippen LogP contribution in [0.3, 0.4) is 0 Å². The number of carbonyl (C=O) groups excluding carboxylic acids is 1. The molecule has 17 heavy (non-hydrogen) atoms. The third-order valence-electron chi connectivity index (χ3n) is 3.06. The van der Waals surface area contributed by atoms with Gasteiger partial charge in [0.25, 0.3) is 0 Å². The SMILES string of the molecule is CC(NC(=O)N1CCCCCC1)c1nccs1. The van der Waals surface area contributed by atoms with Crippen LogP contribution in [-0.2, 0) is 0 Å². The molecule has 94 valence electrons. The van der Waals surface area contributed by atoms with Gasteiger partial charge in [0.15, 0.2) is 0 Å². The smallest absolute Gasteiger partial charge is 0.317 e. The van der Waals surface area contributed by atoms with Crippen LogP contribution < -0.4 is 5.32 Å². The molecule has 1 atom stereocenters. The van der Waals surface area contributed by atoms with E-state index in [1.807, 2.05) is 17.2 Å². The Kier molecular flexibility index (Phi) is 4.36. The Bertz CT molecular complexity index is 345. The van der Waals surface area contributed by atoms with Gasteiger partial charge in [-0.25, -0.2) is 9.78 Å². The van der Waals surface area contributed by atoms with Crippen LogP contribution in [0, 0.1) is 0 Å². The fourth-order valence-electron chi connectivity index (χ4n) is 2.06. The van der Waals surface area contributed by atoms with Crippen LogP contribution in [0.2, 0.25) is 0 Å². The van der Waals surface area contributed by atoms with Gasteiger partial charge in [-0.3, -0.25) is 0 Å². The number of carbonyl (C=O) groups is 1.